The van der Waals surface area contributed by atoms with Crippen LogP contribution in [0.2, 0.25) is 5.02 Å². The summed E-state index contributed by atoms with van der Waals surface area (Å²) in [5.74, 6) is -0.243. The zero-order chi connectivity index (χ0) is 14.5. The van der Waals surface area contributed by atoms with Gasteiger partial charge in [-0.15, -0.1) is 0 Å². The van der Waals surface area contributed by atoms with Crippen LogP contribution in [0, 0.1) is 5.82 Å². The SMILES string of the molecule is COc1ccc(Cl)cc1CC(=O)Nc1ccccc1F. The van der Waals surface area contributed by atoms with E-state index in [2.05, 4.69) is 5.32 Å². The van der Waals surface area contributed by atoms with Gasteiger partial charge in [-0.3, -0.25) is 4.79 Å². The summed E-state index contributed by atoms with van der Waals surface area (Å²) >= 11 is 5.90. The summed E-state index contributed by atoms with van der Waals surface area (Å²) in [7, 11) is 1.52. The van der Waals surface area contributed by atoms with E-state index in [1.807, 2.05) is 0 Å². The maximum Gasteiger partial charge on any atom is 0.229 e. The second kappa shape index (κ2) is 6.39. The van der Waals surface area contributed by atoms with Crippen LogP contribution in [0.1, 0.15) is 5.56 Å². The molecule has 5 heteroatoms. The lowest BCUT2D eigenvalue weighted by Gasteiger charge is -2.10. The number of methoxy groups -OCH3 is 1. The number of anilines is 1. The molecule has 0 atom stereocenters. The van der Waals surface area contributed by atoms with E-state index in [0.29, 0.717) is 16.3 Å². The van der Waals surface area contributed by atoms with Crippen LogP contribution in [0.25, 0.3) is 0 Å². The van der Waals surface area contributed by atoms with Crippen molar-refractivity contribution in [3.8, 4) is 5.75 Å². The van der Waals surface area contributed by atoms with Crippen molar-refractivity contribution in [3.63, 3.8) is 0 Å². The highest BCUT2D eigenvalue weighted by Gasteiger charge is 2.11. The number of nitrogens with one attached hydrogen (secondary N) is 1. The predicted molar refractivity (Wildman–Crippen MR) is 76.7 cm³/mol. The molecule has 0 saturated carbocycles. The number of benzene rings is 2. The van der Waals surface area contributed by atoms with E-state index in [4.69, 9.17) is 16.3 Å². The Hall–Kier alpha value is -2.07. The third-order valence-electron chi connectivity index (χ3n) is 2.74. The first-order valence-corrected chi connectivity index (χ1v) is 6.34. The van der Waals surface area contributed by atoms with Crippen molar-refractivity contribution in [1.82, 2.24) is 0 Å². The van der Waals surface area contributed by atoms with Gasteiger partial charge in [0.1, 0.15) is 11.6 Å². The van der Waals surface area contributed by atoms with Gasteiger partial charge in [0.05, 0.1) is 19.2 Å². The number of ether oxygens (including phenoxy) is 1. The molecule has 1 N–H and O–H groups in total. The Bertz CT molecular complexity index is 631. The van der Waals surface area contributed by atoms with Crippen molar-refractivity contribution in [2.24, 2.45) is 0 Å². The lowest BCUT2D eigenvalue weighted by atomic mass is 10.1. The smallest absolute Gasteiger partial charge is 0.229 e. The van der Waals surface area contributed by atoms with E-state index in [9.17, 15) is 9.18 Å². The quantitative estimate of drug-likeness (QED) is 0.934. The first kappa shape index (κ1) is 14.3. The average Bonchev–Trinajstić information content (AvgIpc) is 2.41. The molecule has 0 spiro atoms. The normalized spacial score (nSPS) is 10.2. The van der Waals surface area contributed by atoms with Crippen LogP contribution in [0.5, 0.6) is 5.75 Å². The van der Waals surface area contributed by atoms with Crippen molar-refractivity contribution in [3.05, 3.63) is 58.9 Å². The number of rotatable bonds is 4. The molecule has 0 bridgehead atoms. The lowest BCUT2D eigenvalue weighted by molar-refractivity contribution is -0.115. The van der Waals surface area contributed by atoms with Gasteiger partial charge >= 0.3 is 0 Å². The number of hydrogen-bond donors (Lipinski definition) is 1. The maximum atomic E-state index is 13.4. The molecule has 0 heterocycles. The van der Waals surface area contributed by atoms with E-state index < -0.39 is 5.82 Å². The molecule has 0 fully saturated rings. The largest absolute Gasteiger partial charge is 0.496 e. The molecule has 0 aromatic heterocycles. The monoisotopic (exact) mass is 293 g/mol. The molecule has 104 valence electrons. The number of amides is 1. The number of carbonyl (C=O) groups excluding carboxylic acids is 1. The van der Waals surface area contributed by atoms with Crippen molar-refractivity contribution in [2.45, 2.75) is 6.42 Å². The fraction of sp³-hybridized carbons (Fsp3) is 0.133. The van der Waals surface area contributed by atoms with E-state index in [1.165, 1.54) is 19.2 Å². The Morgan fingerprint density at radius 2 is 2.05 bits per heavy atom. The summed E-state index contributed by atoms with van der Waals surface area (Å²) in [6.45, 7) is 0. The summed E-state index contributed by atoms with van der Waals surface area (Å²) in [4.78, 5) is 11.9. The van der Waals surface area contributed by atoms with Gasteiger partial charge in [0.25, 0.3) is 0 Å². The van der Waals surface area contributed by atoms with Gasteiger partial charge in [-0.05, 0) is 30.3 Å². The van der Waals surface area contributed by atoms with Crippen molar-refractivity contribution in [1.29, 1.82) is 0 Å². The van der Waals surface area contributed by atoms with E-state index in [-0.39, 0.29) is 18.0 Å². The number of hydrogen-bond acceptors (Lipinski definition) is 2. The second-order valence-electron chi connectivity index (χ2n) is 4.16. The molecular weight excluding hydrogens is 281 g/mol. The lowest BCUT2D eigenvalue weighted by Crippen LogP contribution is -2.15. The third-order valence-corrected chi connectivity index (χ3v) is 2.98. The molecule has 0 radical (unpaired) electrons. The Morgan fingerprint density at radius 3 is 2.75 bits per heavy atom. The van der Waals surface area contributed by atoms with Gasteiger partial charge < -0.3 is 10.1 Å². The second-order valence-corrected chi connectivity index (χ2v) is 4.60. The molecule has 0 aliphatic carbocycles. The molecule has 0 unspecified atom stereocenters. The average molecular weight is 294 g/mol. The van der Waals surface area contributed by atoms with Gasteiger partial charge in [0.2, 0.25) is 5.91 Å². The molecule has 2 aromatic carbocycles. The van der Waals surface area contributed by atoms with Crippen LogP contribution in [-0.4, -0.2) is 13.0 Å². The van der Waals surface area contributed by atoms with Crippen LogP contribution >= 0.6 is 11.6 Å². The fourth-order valence-corrected chi connectivity index (χ4v) is 2.01. The molecule has 0 saturated heterocycles. The summed E-state index contributed by atoms with van der Waals surface area (Å²) in [6.07, 6.45) is 0.0536. The molecule has 20 heavy (non-hydrogen) atoms. The Kier molecular flexibility index (Phi) is 4.58. The van der Waals surface area contributed by atoms with Crippen LogP contribution in [0.3, 0.4) is 0 Å². The zero-order valence-electron chi connectivity index (χ0n) is 10.8. The first-order chi connectivity index (χ1) is 9.60. The van der Waals surface area contributed by atoms with Crippen molar-refractivity contribution < 1.29 is 13.9 Å². The van der Waals surface area contributed by atoms with Crippen LogP contribution < -0.4 is 10.1 Å². The minimum absolute atomic E-state index is 0.0536. The molecule has 3 nitrogen and oxygen atoms in total. The first-order valence-electron chi connectivity index (χ1n) is 5.97. The standard InChI is InChI=1S/C15H13ClFNO2/c1-20-14-7-6-11(16)8-10(14)9-15(19)18-13-5-3-2-4-12(13)17/h2-8H,9H2,1H3,(H,18,19). The Labute approximate surface area is 121 Å². The summed E-state index contributed by atoms with van der Waals surface area (Å²) in [5, 5.41) is 3.03. The summed E-state index contributed by atoms with van der Waals surface area (Å²) in [5.41, 5.74) is 0.798. The molecule has 0 aliphatic heterocycles. The highest BCUT2D eigenvalue weighted by Crippen LogP contribution is 2.23. The van der Waals surface area contributed by atoms with Gasteiger partial charge in [-0.25, -0.2) is 4.39 Å². The molecule has 0 aliphatic rings. The van der Waals surface area contributed by atoms with Crippen molar-refractivity contribution >= 4 is 23.2 Å². The van der Waals surface area contributed by atoms with E-state index in [1.54, 1.807) is 30.3 Å². The molecule has 2 aromatic rings. The van der Waals surface area contributed by atoms with Crippen LogP contribution in [0.4, 0.5) is 10.1 Å². The fourth-order valence-electron chi connectivity index (χ4n) is 1.82. The van der Waals surface area contributed by atoms with Crippen molar-refractivity contribution in [2.75, 3.05) is 12.4 Å². The zero-order valence-corrected chi connectivity index (χ0v) is 11.6. The molecule has 1 amide bonds. The summed E-state index contributed by atoms with van der Waals surface area (Å²) in [6, 6.07) is 11.0. The Morgan fingerprint density at radius 1 is 1.30 bits per heavy atom. The number of carbonyl (C=O) groups is 1. The number of para-hydroxylation sites is 1. The van der Waals surface area contributed by atoms with Gasteiger partial charge in [-0.1, -0.05) is 23.7 Å². The van der Waals surface area contributed by atoms with Gasteiger partial charge in [0.15, 0.2) is 0 Å². The minimum atomic E-state index is -0.473. The van der Waals surface area contributed by atoms with E-state index >= 15 is 0 Å². The topological polar surface area (TPSA) is 38.3 Å². The number of halogens is 2. The van der Waals surface area contributed by atoms with Crippen LogP contribution in [-0.2, 0) is 11.2 Å². The predicted octanol–water partition coefficient (Wildman–Crippen LogP) is 3.67. The molecule has 2 rings (SSSR count). The third kappa shape index (κ3) is 3.48. The highest BCUT2D eigenvalue weighted by molar-refractivity contribution is 6.30. The minimum Gasteiger partial charge on any atom is -0.496 e. The van der Waals surface area contributed by atoms with Crippen LogP contribution in [0.15, 0.2) is 42.5 Å². The maximum absolute atomic E-state index is 13.4. The summed E-state index contributed by atoms with van der Waals surface area (Å²) < 4.78 is 18.6. The van der Waals surface area contributed by atoms with Gasteiger partial charge in [0, 0.05) is 10.6 Å². The molecular formula is C15H13ClFNO2. The van der Waals surface area contributed by atoms with E-state index in [0.717, 1.165) is 0 Å². The Balaban J connectivity index is 2.12. The van der Waals surface area contributed by atoms with Gasteiger partial charge in [-0.2, -0.15) is 0 Å². The highest BCUT2D eigenvalue weighted by atomic mass is 35.5.